The number of benzene rings is 2. The number of likely N-dealkylation sites (tertiary alicyclic amines) is 1. The van der Waals surface area contributed by atoms with Crippen molar-refractivity contribution in [1.82, 2.24) is 9.88 Å². The maximum absolute atomic E-state index is 12.9. The molecule has 0 aliphatic carbocycles. The highest BCUT2D eigenvalue weighted by Gasteiger charge is 2.34. The number of aromatic nitrogens is 1. The Hall–Kier alpha value is -3.04. The van der Waals surface area contributed by atoms with E-state index in [4.69, 9.17) is 0 Å². The van der Waals surface area contributed by atoms with Gasteiger partial charge in [-0.15, -0.1) is 15.7 Å². The second kappa shape index (κ2) is 8.14. The van der Waals surface area contributed by atoms with Crippen LogP contribution in [0, 0.1) is 12.8 Å². The summed E-state index contributed by atoms with van der Waals surface area (Å²) < 4.78 is 28.7. The van der Waals surface area contributed by atoms with Gasteiger partial charge in [0.25, 0.3) is 10.0 Å². The van der Waals surface area contributed by atoms with E-state index in [9.17, 15) is 13.2 Å². The van der Waals surface area contributed by atoms with Crippen molar-refractivity contribution in [2.24, 2.45) is 10.3 Å². The topological polar surface area (TPSA) is 91.7 Å². The predicted molar refractivity (Wildman–Crippen MR) is 125 cm³/mol. The van der Waals surface area contributed by atoms with Crippen LogP contribution < -0.4 is 5.32 Å². The smallest absolute Gasteiger partial charge is 0.285 e. The van der Waals surface area contributed by atoms with E-state index in [0.29, 0.717) is 37.3 Å². The summed E-state index contributed by atoms with van der Waals surface area (Å²) in [5.41, 5.74) is 3.27. The van der Waals surface area contributed by atoms with Crippen LogP contribution in [0.15, 0.2) is 63.2 Å². The number of amidine groups is 1. The van der Waals surface area contributed by atoms with Crippen LogP contribution in [0.5, 0.6) is 0 Å². The molecule has 0 radical (unpaired) electrons. The molecule has 1 amide bonds. The van der Waals surface area contributed by atoms with E-state index in [0.717, 1.165) is 22.0 Å². The lowest BCUT2D eigenvalue weighted by atomic mass is 9.95. The van der Waals surface area contributed by atoms with Gasteiger partial charge in [-0.05, 0) is 44.0 Å². The van der Waals surface area contributed by atoms with Crippen molar-refractivity contribution in [3.05, 3.63) is 64.5 Å². The van der Waals surface area contributed by atoms with Crippen molar-refractivity contribution >= 4 is 38.8 Å². The molecular formula is C23H22N4O3S2. The quantitative estimate of drug-likeness (QED) is 0.632. The third-order valence-electron chi connectivity index (χ3n) is 5.82. The molecule has 1 aromatic heterocycles. The van der Waals surface area contributed by atoms with Gasteiger partial charge in [0.15, 0.2) is 5.84 Å². The summed E-state index contributed by atoms with van der Waals surface area (Å²) in [5.74, 6) is 0.341. The Morgan fingerprint density at radius 1 is 1.12 bits per heavy atom. The maximum atomic E-state index is 12.9. The first kappa shape index (κ1) is 20.8. The van der Waals surface area contributed by atoms with Crippen molar-refractivity contribution in [1.29, 1.82) is 0 Å². The third-order valence-corrected chi connectivity index (χ3v) is 7.92. The van der Waals surface area contributed by atoms with Crippen LogP contribution in [0.1, 0.15) is 23.4 Å². The predicted octanol–water partition coefficient (Wildman–Crippen LogP) is 3.92. The first-order valence-electron chi connectivity index (χ1n) is 10.4. The summed E-state index contributed by atoms with van der Waals surface area (Å²) in [6.07, 6.45) is 1.27. The van der Waals surface area contributed by atoms with Gasteiger partial charge < -0.3 is 10.2 Å². The number of rotatable bonds is 3. The molecule has 1 N–H and O–H groups in total. The number of nitrogens with one attached hydrogen (secondary N) is 1. The summed E-state index contributed by atoms with van der Waals surface area (Å²) in [6.45, 7) is 3.13. The molecule has 164 valence electrons. The van der Waals surface area contributed by atoms with E-state index in [2.05, 4.69) is 14.7 Å². The van der Waals surface area contributed by atoms with Crippen LogP contribution >= 0.6 is 11.3 Å². The van der Waals surface area contributed by atoms with Gasteiger partial charge in [-0.3, -0.25) is 4.79 Å². The lowest BCUT2D eigenvalue weighted by molar-refractivity contribution is -0.120. The molecule has 5 rings (SSSR count). The van der Waals surface area contributed by atoms with E-state index in [1.165, 1.54) is 0 Å². The number of aryl methyl sites for hydroxylation is 1. The number of fused-ring (bicyclic) bond motifs is 1. The molecule has 3 heterocycles. The monoisotopic (exact) mass is 466 g/mol. The number of sulfonamides is 1. The van der Waals surface area contributed by atoms with Gasteiger partial charge in [0.1, 0.15) is 4.90 Å². The first-order valence-corrected chi connectivity index (χ1v) is 12.8. The lowest BCUT2D eigenvalue weighted by Crippen LogP contribution is -2.41. The largest absolute Gasteiger partial charge is 0.355 e. The second-order valence-corrected chi connectivity index (χ2v) is 10.6. The zero-order valence-corrected chi connectivity index (χ0v) is 19.1. The van der Waals surface area contributed by atoms with Gasteiger partial charge in [0, 0.05) is 41.2 Å². The molecule has 1 fully saturated rings. The van der Waals surface area contributed by atoms with Crippen molar-refractivity contribution in [2.75, 3.05) is 18.4 Å². The zero-order valence-electron chi connectivity index (χ0n) is 17.5. The van der Waals surface area contributed by atoms with Crippen LogP contribution in [-0.4, -0.2) is 43.1 Å². The van der Waals surface area contributed by atoms with Crippen molar-refractivity contribution in [2.45, 2.75) is 24.7 Å². The molecule has 0 atom stereocenters. The van der Waals surface area contributed by atoms with Crippen LogP contribution in [-0.2, 0) is 14.8 Å². The average molecular weight is 467 g/mol. The zero-order chi connectivity index (χ0) is 22.3. The molecule has 0 saturated carbocycles. The molecule has 2 aliphatic rings. The number of amides is 1. The number of nitrogens with zero attached hydrogens (tertiary/aromatic N) is 3. The molecule has 0 unspecified atom stereocenters. The number of hydrogen-bond donors (Lipinski definition) is 1. The fourth-order valence-corrected chi connectivity index (χ4v) is 6.02. The molecular weight excluding hydrogens is 444 g/mol. The molecule has 1 saturated heterocycles. The number of anilines is 1. The molecule has 0 bridgehead atoms. The third kappa shape index (κ3) is 3.93. The van der Waals surface area contributed by atoms with Crippen LogP contribution in [0.3, 0.4) is 0 Å². The molecule has 0 spiro atoms. The van der Waals surface area contributed by atoms with Gasteiger partial charge >= 0.3 is 0 Å². The highest BCUT2D eigenvalue weighted by Crippen LogP contribution is 2.30. The van der Waals surface area contributed by atoms with Gasteiger partial charge in [-0.2, -0.15) is 8.42 Å². The van der Waals surface area contributed by atoms with Crippen LogP contribution in [0.25, 0.3) is 11.3 Å². The minimum Gasteiger partial charge on any atom is -0.355 e. The van der Waals surface area contributed by atoms with Gasteiger partial charge in [-0.1, -0.05) is 24.3 Å². The number of piperidine rings is 1. The van der Waals surface area contributed by atoms with Crippen LogP contribution in [0.4, 0.5) is 5.69 Å². The molecule has 3 aromatic rings. The Kier molecular flexibility index (Phi) is 5.30. The summed E-state index contributed by atoms with van der Waals surface area (Å²) >= 11 is 1.60. The van der Waals surface area contributed by atoms with Gasteiger partial charge in [-0.25, -0.2) is 4.98 Å². The van der Waals surface area contributed by atoms with E-state index in [-0.39, 0.29) is 16.7 Å². The highest BCUT2D eigenvalue weighted by molar-refractivity contribution is 7.90. The van der Waals surface area contributed by atoms with Crippen molar-refractivity contribution in [3.8, 4) is 11.3 Å². The molecule has 9 heteroatoms. The standard InChI is InChI=1S/C23H22N4O3S2/c1-15-24-20(14-31-15)17-5-4-6-18(13-17)25-23(28)16-9-11-27(12-10-16)22-19-7-2-3-8-21(19)32(29,30)26-22/h2-8,13-14,16H,9-12H2,1H3,(H,25,28). The molecule has 2 aliphatic heterocycles. The van der Waals surface area contributed by atoms with E-state index >= 15 is 0 Å². The number of hydrogen-bond acceptors (Lipinski definition) is 6. The van der Waals surface area contributed by atoms with Crippen molar-refractivity contribution in [3.63, 3.8) is 0 Å². The van der Waals surface area contributed by atoms with E-state index < -0.39 is 10.0 Å². The average Bonchev–Trinajstić information content (AvgIpc) is 3.35. The number of thiazole rings is 1. The van der Waals surface area contributed by atoms with E-state index in [1.54, 1.807) is 29.5 Å². The van der Waals surface area contributed by atoms with Crippen molar-refractivity contribution < 1.29 is 13.2 Å². The lowest BCUT2D eigenvalue weighted by Gasteiger charge is -2.32. The van der Waals surface area contributed by atoms with E-state index in [1.807, 2.05) is 47.5 Å². The Morgan fingerprint density at radius 2 is 1.91 bits per heavy atom. The second-order valence-electron chi connectivity index (χ2n) is 7.97. The fourth-order valence-electron chi connectivity index (χ4n) is 4.17. The first-order chi connectivity index (χ1) is 15.4. The van der Waals surface area contributed by atoms with Crippen LogP contribution in [0.2, 0.25) is 0 Å². The SMILES string of the molecule is Cc1nc(-c2cccc(NC(=O)C3CCN(C4=NS(=O)(=O)c5ccccc54)CC3)c2)cs1. The maximum Gasteiger partial charge on any atom is 0.285 e. The fraction of sp³-hybridized carbons (Fsp3) is 0.261. The Morgan fingerprint density at radius 3 is 2.66 bits per heavy atom. The Labute approximate surface area is 190 Å². The summed E-state index contributed by atoms with van der Waals surface area (Å²) in [4.78, 5) is 19.6. The molecule has 32 heavy (non-hydrogen) atoms. The summed E-state index contributed by atoms with van der Waals surface area (Å²) in [7, 11) is -3.64. The van der Waals surface area contributed by atoms with Gasteiger partial charge in [0.2, 0.25) is 5.91 Å². The number of carbonyl (C=O) groups is 1. The summed E-state index contributed by atoms with van der Waals surface area (Å²) in [5, 5.41) is 6.05. The molecule has 7 nitrogen and oxygen atoms in total. The normalized spacial score (nSPS) is 17.7. The summed E-state index contributed by atoms with van der Waals surface area (Å²) in [6, 6.07) is 14.6. The minimum absolute atomic E-state index is 0.0161. The Balaban J connectivity index is 1.24. The Bertz CT molecular complexity index is 1320. The number of carbonyl (C=O) groups excluding carboxylic acids is 1. The highest BCUT2D eigenvalue weighted by atomic mass is 32.2. The molecule has 2 aromatic carbocycles. The van der Waals surface area contributed by atoms with Gasteiger partial charge in [0.05, 0.1) is 10.7 Å². The minimum atomic E-state index is -3.64.